The first-order valence-corrected chi connectivity index (χ1v) is 9.43. The van der Waals surface area contributed by atoms with Crippen LogP contribution in [-0.4, -0.2) is 33.0 Å². The van der Waals surface area contributed by atoms with Crippen molar-refractivity contribution in [3.05, 3.63) is 0 Å². The van der Waals surface area contributed by atoms with Crippen molar-refractivity contribution in [1.82, 2.24) is 5.32 Å². The summed E-state index contributed by atoms with van der Waals surface area (Å²) in [5.74, 6) is 1.84. The SMILES string of the molecule is CCNC(CCS(C)(=O)=O)C1CCCC(CC)C1. The molecule has 1 N–H and O–H groups in total. The van der Waals surface area contributed by atoms with Gasteiger partial charge >= 0.3 is 0 Å². The highest BCUT2D eigenvalue weighted by Gasteiger charge is 2.27. The van der Waals surface area contributed by atoms with Gasteiger partial charge in [-0.15, -0.1) is 0 Å². The summed E-state index contributed by atoms with van der Waals surface area (Å²) < 4.78 is 22.6. The van der Waals surface area contributed by atoms with Crippen molar-refractivity contribution in [2.45, 2.75) is 58.4 Å². The van der Waals surface area contributed by atoms with E-state index in [0.29, 0.717) is 17.7 Å². The maximum atomic E-state index is 11.3. The van der Waals surface area contributed by atoms with E-state index in [4.69, 9.17) is 0 Å². The second kappa shape index (κ2) is 7.49. The van der Waals surface area contributed by atoms with Gasteiger partial charge in [0.05, 0.1) is 5.75 Å². The van der Waals surface area contributed by atoms with Crippen LogP contribution in [0.25, 0.3) is 0 Å². The molecule has 3 atom stereocenters. The third kappa shape index (κ3) is 5.70. The zero-order chi connectivity index (χ0) is 13.6. The van der Waals surface area contributed by atoms with Crippen molar-refractivity contribution < 1.29 is 8.42 Å². The van der Waals surface area contributed by atoms with Crippen LogP contribution in [0.5, 0.6) is 0 Å². The smallest absolute Gasteiger partial charge is 0.147 e. The van der Waals surface area contributed by atoms with Gasteiger partial charge in [-0.3, -0.25) is 0 Å². The van der Waals surface area contributed by atoms with Gasteiger partial charge in [-0.25, -0.2) is 8.42 Å². The van der Waals surface area contributed by atoms with Crippen LogP contribution in [0.4, 0.5) is 0 Å². The van der Waals surface area contributed by atoms with Gasteiger partial charge < -0.3 is 5.32 Å². The van der Waals surface area contributed by atoms with Crippen LogP contribution in [0, 0.1) is 11.8 Å². The minimum Gasteiger partial charge on any atom is -0.314 e. The number of sulfone groups is 1. The molecule has 1 rings (SSSR count). The third-order valence-electron chi connectivity index (χ3n) is 4.24. The standard InChI is InChI=1S/C14H29NO2S/c1-4-12-7-6-8-13(11-12)14(15-5-2)9-10-18(3,16)17/h12-15H,4-11H2,1-3H3. The van der Waals surface area contributed by atoms with Gasteiger partial charge in [-0.1, -0.05) is 33.1 Å². The first kappa shape index (κ1) is 16.0. The van der Waals surface area contributed by atoms with Crippen LogP contribution in [0.1, 0.15) is 52.4 Å². The minimum atomic E-state index is -2.84. The van der Waals surface area contributed by atoms with Crippen molar-refractivity contribution >= 4 is 9.84 Å². The summed E-state index contributed by atoms with van der Waals surface area (Å²) in [6.45, 7) is 5.31. The molecular weight excluding hydrogens is 246 g/mol. The lowest BCUT2D eigenvalue weighted by molar-refractivity contribution is 0.206. The molecule has 0 heterocycles. The Balaban J connectivity index is 2.54. The molecule has 0 aliphatic heterocycles. The van der Waals surface area contributed by atoms with Crippen molar-refractivity contribution in [2.24, 2.45) is 11.8 Å². The summed E-state index contributed by atoms with van der Waals surface area (Å²) in [7, 11) is -2.84. The molecule has 0 aromatic heterocycles. The number of rotatable bonds is 7. The number of hydrogen-bond donors (Lipinski definition) is 1. The molecule has 18 heavy (non-hydrogen) atoms. The summed E-state index contributed by atoms with van der Waals surface area (Å²) in [6, 6.07) is 0.388. The summed E-state index contributed by atoms with van der Waals surface area (Å²) in [5.41, 5.74) is 0. The van der Waals surface area contributed by atoms with E-state index >= 15 is 0 Å². The molecule has 0 bridgehead atoms. The fraction of sp³-hybridized carbons (Fsp3) is 1.00. The summed E-state index contributed by atoms with van der Waals surface area (Å²) in [5, 5.41) is 3.51. The van der Waals surface area contributed by atoms with E-state index in [1.54, 1.807) is 0 Å². The van der Waals surface area contributed by atoms with Gasteiger partial charge in [0.2, 0.25) is 0 Å². The Kier molecular flexibility index (Phi) is 6.64. The monoisotopic (exact) mass is 275 g/mol. The van der Waals surface area contributed by atoms with E-state index in [0.717, 1.165) is 18.9 Å². The number of nitrogens with one attached hydrogen (secondary N) is 1. The third-order valence-corrected chi connectivity index (χ3v) is 5.21. The zero-order valence-electron chi connectivity index (χ0n) is 12.1. The van der Waals surface area contributed by atoms with Crippen molar-refractivity contribution in [1.29, 1.82) is 0 Å². The normalized spacial score (nSPS) is 27.1. The highest BCUT2D eigenvalue weighted by Crippen LogP contribution is 2.33. The Bertz CT molecular complexity index is 327. The van der Waals surface area contributed by atoms with Gasteiger partial charge in [0.1, 0.15) is 9.84 Å². The van der Waals surface area contributed by atoms with Gasteiger partial charge in [0.15, 0.2) is 0 Å². The molecule has 0 spiro atoms. The molecule has 108 valence electrons. The van der Waals surface area contributed by atoms with E-state index in [-0.39, 0.29) is 0 Å². The molecule has 1 saturated carbocycles. The summed E-state index contributed by atoms with van der Waals surface area (Å²) >= 11 is 0. The lowest BCUT2D eigenvalue weighted by Gasteiger charge is -2.34. The molecular formula is C14H29NO2S. The maximum Gasteiger partial charge on any atom is 0.147 e. The quantitative estimate of drug-likeness (QED) is 0.777. The van der Waals surface area contributed by atoms with E-state index in [2.05, 4.69) is 19.2 Å². The highest BCUT2D eigenvalue weighted by atomic mass is 32.2. The molecule has 1 aliphatic carbocycles. The Morgan fingerprint density at radius 3 is 2.56 bits per heavy atom. The molecule has 0 amide bonds. The van der Waals surface area contributed by atoms with E-state index in [1.165, 1.54) is 38.4 Å². The Morgan fingerprint density at radius 1 is 1.28 bits per heavy atom. The summed E-state index contributed by atoms with van der Waals surface area (Å²) in [6.07, 6.45) is 8.58. The molecule has 0 aromatic carbocycles. The molecule has 0 radical (unpaired) electrons. The second-order valence-corrected chi connectivity index (χ2v) is 8.04. The van der Waals surface area contributed by atoms with E-state index in [9.17, 15) is 8.42 Å². The van der Waals surface area contributed by atoms with Crippen molar-refractivity contribution in [3.63, 3.8) is 0 Å². The fourth-order valence-corrected chi connectivity index (χ4v) is 3.86. The first-order valence-electron chi connectivity index (χ1n) is 7.37. The van der Waals surface area contributed by atoms with Crippen molar-refractivity contribution in [3.8, 4) is 0 Å². The predicted molar refractivity (Wildman–Crippen MR) is 77.5 cm³/mol. The van der Waals surface area contributed by atoms with Crippen LogP contribution in [0.15, 0.2) is 0 Å². The van der Waals surface area contributed by atoms with E-state index in [1.807, 2.05) is 0 Å². The van der Waals surface area contributed by atoms with Gasteiger partial charge in [-0.05, 0) is 37.6 Å². The zero-order valence-corrected chi connectivity index (χ0v) is 12.9. The Labute approximate surface area is 113 Å². The highest BCUT2D eigenvalue weighted by molar-refractivity contribution is 7.90. The van der Waals surface area contributed by atoms with Crippen LogP contribution < -0.4 is 5.32 Å². The molecule has 4 heteroatoms. The molecule has 3 unspecified atom stereocenters. The predicted octanol–water partition coefficient (Wildman–Crippen LogP) is 2.62. The second-order valence-electron chi connectivity index (χ2n) is 5.78. The van der Waals surface area contributed by atoms with Gasteiger partial charge in [0, 0.05) is 12.3 Å². The molecule has 1 fully saturated rings. The van der Waals surface area contributed by atoms with Gasteiger partial charge in [-0.2, -0.15) is 0 Å². The average molecular weight is 275 g/mol. The maximum absolute atomic E-state index is 11.3. The average Bonchev–Trinajstić information content (AvgIpc) is 2.33. The Morgan fingerprint density at radius 2 is 2.00 bits per heavy atom. The Hall–Kier alpha value is -0.0900. The van der Waals surface area contributed by atoms with Crippen LogP contribution in [-0.2, 0) is 9.84 Å². The van der Waals surface area contributed by atoms with Crippen LogP contribution in [0.2, 0.25) is 0 Å². The number of hydrogen-bond acceptors (Lipinski definition) is 3. The van der Waals surface area contributed by atoms with Crippen LogP contribution in [0.3, 0.4) is 0 Å². The van der Waals surface area contributed by atoms with Gasteiger partial charge in [0.25, 0.3) is 0 Å². The molecule has 3 nitrogen and oxygen atoms in total. The van der Waals surface area contributed by atoms with Crippen molar-refractivity contribution in [2.75, 3.05) is 18.6 Å². The largest absolute Gasteiger partial charge is 0.314 e. The first-order chi connectivity index (χ1) is 8.46. The lowest BCUT2D eigenvalue weighted by Crippen LogP contribution is -2.39. The minimum absolute atomic E-state index is 0.317. The molecule has 0 aromatic rings. The lowest BCUT2D eigenvalue weighted by atomic mass is 9.76. The summed E-state index contributed by atoms with van der Waals surface area (Å²) in [4.78, 5) is 0. The topological polar surface area (TPSA) is 46.2 Å². The van der Waals surface area contributed by atoms with Crippen LogP contribution >= 0.6 is 0 Å². The molecule has 1 aliphatic rings. The fourth-order valence-electron chi connectivity index (χ4n) is 3.18. The molecule has 0 saturated heterocycles. The van der Waals surface area contributed by atoms with E-state index < -0.39 is 9.84 Å².